The van der Waals surface area contributed by atoms with Gasteiger partial charge in [-0.3, -0.25) is 9.69 Å². The number of piperazine rings is 1. The summed E-state index contributed by atoms with van der Waals surface area (Å²) in [4.78, 5) is 16.9. The first kappa shape index (κ1) is 19.8. The Kier molecular flexibility index (Phi) is 6.93. The predicted octanol–water partition coefficient (Wildman–Crippen LogP) is 1.30. The second kappa shape index (κ2) is 8.74. The van der Waals surface area contributed by atoms with Crippen molar-refractivity contribution in [3.8, 4) is 11.5 Å². The van der Waals surface area contributed by atoms with Crippen molar-refractivity contribution in [2.45, 2.75) is 25.9 Å². The number of nitrogens with one attached hydrogen (secondary N) is 1. The molecule has 1 atom stereocenters. The zero-order chi connectivity index (χ0) is 17.1. The number of carbonyl (C=O) groups excluding carboxylic acids is 1. The molecule has 0 saturated carbocycles. The first-order valence-corrected chi connectivity index (χ1v) is 8.58. The van der Waals surface area contributed by atoms with Crippen LogP contribution in [-0.4, -0.2) is 68.7 Å². The lowest BCUT2D eigenvalue weighted by molar-refractivity contribution is -0.134. The minimum atomic E-state index is 0. The summed E-state index contributed by atoms with van der Waals surface area (Å²) in [7, 11) is 3.29. The van der Waals surface area contributed by atoms with Crippen molar-refractivity contribution >= 4 is 18.3 Å². The van der Waals surface area contributed by atoms with Crippen molar-refractivity contribution in [2.24, 2.45) is 0 Å². The molecule has 1 amide bonds. The smallest absolute Gasteiger partial charge is 0.237 e. The van der Waals surface area contributed by atoms with Crippen LogP contribution in [0.25, 0.3) is 0 Å². The highest BCUT2D eigenvalue weighted by atomic mass is 35.5. The summed E-state index contributed by atoms with van der Waals surface area (Å²) < 4.78 is 10.8. The largest absolute Gasteiger partial charge is 0.493 e. The first-order valence-electron chi connectivity index (χ1n) is 8.58. The van der Waals surface area contributed by atoms with Crippen LogP contribution in [0.2, 0.25) is 0 Å². The number of fused-ring (bicyclic) bond motifs is 1. The van der Waals surface area contributed by atoms with Gasteiger partial charge in [-0.05, 0) is 36.6 Å². The van der Waals surface area contributed by atoms with Crippen molar-refractivity contribution in [1.29, 1.82) is 0 Å². The molecule has 2 aliphatic rings. The third kappa shape index (κ3) is 4.37. The number of hydrogen-bond donors (Lipinski definition) is 1. The molecule has 0 spiro atoms. The second-order valence-corrected chi connectivity index (χ2v) is 6.56. The van der Waals surface area contributed by atoms with Gasteiger partial charge in [-0.15, -0.1) is 12.4 Å². The Balaban J connectivity index is 0.00000225. The standard InChI is InChI=1S/C18H27N3O3.ClH/c1-13-10-19-5-7-20(13)12-18(22)21-6-4-14-8-16(23-2)17(24-3)9-15(14)11-21;/h8-9,13,19H,4-7,10-12H2,1-3H3;1H/t13-;/m0./s1. The Bertz CT molecular complexity index is 611. The molecule has 0 bridgehead atoms. The van der Waals surface area contributed by atoms with Gasteiger partial charge in [0.2, 0.25) is 5.91 Å². The van der Waals surface area contributed by atoms with Gasteiger partial charge in [-0.25, -0.2) is 0 Å². The second-order valence-electron chi connectivity index (χ2n) is 6.56. The van der Waals surface area contributed by atoms with Gasteiger partial charge in [0.05, 0.1) is 20.8 Å². The number of ether oxygens (including phenoxy) is 2. The highest BCUT2D eigenvalue weighted by Crippen LogP contribution is 2.33. The molecule has 1 fully saturated rings. The van der Waals surface area contributed by atoms with E-state index in [1.807, 2.05) is 17.0 Å². The summed E-state index contributed by atoms with van der Waals surface area (Å²) >= 11 is 0. The number of benzene rings is 1. The third-order valence-corrected chi connectivity index (χ3v) is 5.05. The van der Waals surface area contributed by atoms with Crippen molar-refractivity contribution in [3.05, 3.63) is 23.3 Å². The molecule has 2 aliphatic heterocycles. The summed E-state index contributed by atoms with van der Waals surface area (Å²) in [6.45, 7) is 6.93. The van der Waals surface area contributed by atoms with Gasteiger partial charge in [0.25, 0.3) is 0 Å². The van der Waals surface area contributed by atoms with E-state index in [9.17, 15) is 4.79 Å². The van der Waals surface area contributed by atoms with Crippen LogP contribution in [0.15, 0.2) is 12.1 Å². The van der Waals surface area contributed by atoms with Gasteiger partial charge >= 0.3 is 0 Å². The van der Waals surface area contributed by atoms with Gasteiger partial charge in [0.1, 0.15) is 0 Å². The van der Waals surface area contributed by atoms with Gasteiger partial charge in [0.15, 0.2) is 11.5 Å². The zero-order valence-corrected chi connectivity index (χ0v) is 16.0. The number of hydrogen-bond acceptors (Lipinski definition) is 5. The van der Waals surface area contributed by atoms with Crippen molar-refractivity contribution < 1.29 is 14.3 Å². The van der Waals surface area contributed by atoms with Crippen LogP contribution in [-0.2, 0) is 17.8 Å². The monoisotopic (exact) mass is 369 g/mol. The van der Waals surface area contributed by atoms with Crippen LogP contribution in [0.4, 0.5) is 0 Å². The number of nitrogens with zero attached hydrogens (tertiary/aromatic N) is 2. The SMILES string of the molecule is COc1cc2c(cc1OC)CN(C(=O)CN1CCNC[C@@H]1C)CC2.Cl. The summed E-state index contributed by atoms with van der Waals surface area (Å²) in [6.07, 6.45) is 0.860. The maximum absolute atomic E-state index is 12.7. The first-order chi connectivity index (χ1) is 11.6. The van der Waals surface area contributed by atoms with Gasteiger partial charge in [-0.2, -0.15) is 0 Å². The number of carbonyl (C=O) groups is 1. The molecule has 3 rings (SSSR count). The van der Waals surface area contributed by atoms with E-state index in [-0.39, 0.29) is 18.3 Å². The number of amides is 1. The molecule has 140 valence electrons. The minimum absolute atomic E-state index is 0. The molecule has 1 aromatic carbocycles. The fourth-order valence-corrected chi connectivity index (χ4v) is 3.49. The van der Waals surface area contributed by atoms with E-state index in [1.54, 1.807) is 14.2 Å². The number of halogens is 1. The molecule has 0 unspecified atom stereocenters. The fourth-order valence-electron chi connectivity index (χ4n) is 3.49. The molecule has 7 heteroatoms. The van der Waals surface area contributed by atoms with Crippen LogP contribution in [0.1, 0.15) is 18.1 Å². The van der Waals surface area contributed by atoms with Crippen LogP contribution >= 0.6 is 12.4 Å². The highest BCUT2D eigenvalue weighted by molar-refractivity contribution is 5.85. The van der Waals surface area contributed by atoms with Gasteiger partial charge < -0.3 is 19.7 Å². The van der Waals surface area contributed by atoms with Gasteiger partial charge in [0, 0.05) is 38.8 Å². The van der Waals surface area contributed by atoms with Crippen molar-refractivity contribution in [1.82, 2.24) is 15.1 Å². The topological polar surface area (TPSA) is 54.0 Å². The van der Waals surface area contributed by atoms with Gasteiger partial charge in [-0.1, -0.05) is 0 Å². The maximum atomic E-state index is 12.7. The van der Waals surface area contributed by atoms with Crippen LogP contribution in [0.5, 0.6) is 11.5 Å². The van der Waals surface area contributed by atoms with Crippen molar-refractivity contribution in [3.63, 3.8) is 0 Å². The molecule has 0 aliphatic carbocycles. The Hall–Kier alpha value is -1.50. The Morgan fingerprint density at radius 1 is 1.20 bits per heavy atom. The molecule has 1 N–H and O–H groups in total. The van der Waals surface area contributed by atoms with Crippen LogP contribution < -0.4 is 14.8 Å². The lowest BCUT2D eigenvalue weighted by atomic mass is 9.98. The minimum Gasteiger partial charge on any atom is -0.493 e. The molecule has 6 nitrogen and oxygen atoms in total. The number of methoxy groups -OCH3 is 2. The Labute approximate surface area is 155 Å². The molecule has 2 heterocycles. The molecular weight excluding hydrogens is 342 g/mol. The predicted molar refractivity (Wildman–Crippen MR) is 99.8 cm³/mol. The number of rotatable bonds is 4. The van der Waals surface area contributed by atoms with Crippen LogP contribution in [0, 0.1) is 0 Å². The molecular formula is C18H28ClN3O3. The lowest BCUT2D eigenvalue weighted by Crippen LogP contribution is -2.53. The quantitative estimate of drug-likeness (QED) is 0.867. The summed E-state index contributed by atoms with van der Waals surface area (Å²) in [6, 6.07) is 4.44. The van der Waals surface area contributed by atoms with E-state index < -0.39 is 0 Å². The van der Waals surface area contributed by atoms with E-state index in [4.69, 9.17) is 9.47 Å². The molecule has 0 aromatic heterocycles. The fraction of sp³-hybridized carbons (Fsp3) is 0.611. The Morgan fingerprint density at radius 2 is 1.88 bits per heavy atom. The average Bonchev–Trinajstić information content (AvgIpc) is 2.61. The Morgan fingerprint density at radius 3 is 2.52 bits per heavy atom. The molecule has 1 saturated heterocycles. The summed E-state index contributed by atoms with van der Waals surface area (Å²) in [5, 5.41) is 3.36. The summed E-state index contributed by atoms with van der Waals surface area (Å²) in [5.74, 6) is 1.69. The maximum Gasteiger partial charge on any atom is 0.237 e. The van der Waals surface area contributed by atoms with Crippen LogP contribution in [0.3, 0.4) is 0 Å². The lowest BCUT2D eigenvalue weighted by Gasteiger charge is -2.36. The average molecular weight is 370 g/mol. The zero-order valence-electron chi connectivity index (χ0n) is 15.2. The van der Waals surface area contributed by atoms with Crippen molar-refractivity contribution in [2.75, 3.05) is 46.9 Å². The molecule has 1 aromatic rings. The molecule has 25 heavy (non-hydrogen) atoms. The van der Waals surface area contributed by atoms with E-state index in [1.165, 1.54) is 5.56 Å². The van der Waals surface area contributed by atoms with E-state index in [2.05, 4.69) is 17.1 Å². The molecule has 0 radical (unpaired) electrons. The highest BCUT2D eigenvalue weighted by Gasteiger charge is 2.26. The third-order valence-electron chi connectivity index (χ3n) is 5.05. The van der Waals surface area contributed by atoms with E-state index >= 15 is 0 Å². The summed E-state index contributed by atoms with van der Waals surface area (Å²) in [5.41, 5.74) is 2.40. The van der Waals surface area contributed by atoms with E-state index in [0.717, 1.165) is 49.7 Å². The normalized spacial score (nSPS) is 20.4. The van der Waals surface area contributed by atoms with E-state index in [0.29, 0.717) is 19.1 Å².